The van der Waals surface area contributed by atoms with Crippen molar-refractivity contribution in [2.24, 2.45) is 0 Å². The van der Waals surface area contributed by atoms with Gasteiger partial charge < -0.3 is 20.1 Å². The fraction of sp³-hybridized carbons (Fsp3) is 0.263. The molecule has 0 atom stereocenters. The number of amides is 2. The lowest BCUT2D eigenvalue weighted by atomic mass is 10.1. The fourth-order valence-electron chi connectivity index (χ4n) is 2.33. The first-order chi connectivity index (χ1) is 12.1. The first-order valence-electron chi connectivity index (χ1n) is 7.95. The maximum atomic E-state index is 11.9. The number of hydrogen-bond donors (Lipinski definition) is 2. The average molecular weight is 342 g/mol. The number of nitrogens with one attached hydrogen (secondary N) is 2. The fourth-order valence-corrected chi connectivity index (χ4v) is 2.33. The molecule has 0 saturated heterocycles. The molecule has 0 aromatic heterocycles. The van der Waals surface area contributed by atoms with Crippen LogP contribution in [0.1, 0.15) is 12.0 Å². The second-order valence-corrected chi connectivity index (χ2v) is 5.37. The molecule has 2 rings (SSSR count). The lowest BCUT2D eigenvalue weighted by Gasteiger charge is -2.09. The Bertz CT molecular complexity index is 714. The van der Waals surface area contributed by atoms with Crippen LogP contribution in [0.25, 0.3) is 0 Å². The van der Waals surface area contributed by atoms with E-state index in [0.29, 0.717) is 24.4 Å². The molecule has 0 fully saturated rings. The molecule has 0 heterocycles. The van der Waals surface area contributed by atoms with Gasteiger partial charge in [-0.2, -0.15) is 0 Å². The van der Waals surface area contributed by atoms with E-state index in [0.717, 1.165) is 11.3 Å². The Morgan fingerprint density at radius 1 is 0.920 bits per heavy atom. The highest BCUT2D eigenvalue weighted by molar-refractivity contribution is 6.03. The molecule has 25 heavy (non-hydrogen) atoms. The average Bonchev–Trinajstić information content (AvgIpc) is 2.62. The zero-order chi connectivity index (χ0) is 18.1. The Labute approximate surface area is 147 Å². The number of carbonyl (C=O) groups excluding carboxylic acids is 2. The largest absolute Gasteiger partial charge is 0.497 e. The highest BCUT2D eigenvalue weighted by Gasteiger charge is 2.10. The highest BCUT2D eigenvalue weighted by atomic mass is 16.5. The smallest absolute Gasteiger partial charge is 0.233 e. The van der Waals surface area contributed by atoms with Crippen LogP contribution in [-0.4, -0.2) is 32.6 Å². The van der Waals surface area contributed by atoms with Crippen molar-refractivity contribution in [1.29, 1.82) is 0 Å². The molecule has 6 heteroatoms. The molecule has 0 unspecified atom stereocenters. The number of para-hydroxylation sites is 1. The summed E-state index contributed by atoms with van der Waals surface area (Å²) in [6.07, 6.45) is 0.411. The molecule has 6 nitrogen and oxygen atoms in total. The Morgan fingerprint density at radius 3 is 2.32 bits per heavy atom. The van der Waals surface area contributed by atoms with Gasteiger partial charge in [0.1, 0.15) is 17.9 Å². The molecule has 2 aromatic carbocycles. The van der Waals surface area contributed by atoms with Crippen molar-refractivity contribution in [2.45, 2.75) is 12.8 Å². The van der Waals surface area contributed by atoms with Crippen LogP contribution in [-0.2, 0) is 16.0 Å². The van der Waals surface area contributed by atoms with E-state index >= 15 is 0 Å². The van der Waals surface area contributed by atoms with Crippen molar-refractivity contribution in [2.75, 3.05) is 26.1 Å². The molecule has 2 aromatic rings. The molecule has 0 radical (unpaired) electrons. The van der Waals surface area contributed by atoms with Gasteiger partial charge in [0.05, 0.1) is 14.2 Å². The molecular weight excluding hydrogens is 320 g/mol. The van der Waals surface area contributed by atoms with Crippen LogP contribution in [0.5, 0.6) is 11.5 Å². The van der Waals surface area contributed by atoms with Gasteiger partial charge in [-0.3, -0.25) is 9.59 Å². The van der Waals surface area contributed by atoms with E-state index in [1.165, 1.54) is 0 Å². The molecule has 0 saturated carbocycles. The maximum Gasteiger partial charge on any atom is 0.233 e. The van der Waals surface area contributed by atoms with Crippen LogP contribution in [0.3, 0.4) is 0 Å². The van der Waals surface area contributed by atoms with Crippen molar-refractivity contribution in [1.82, 2.24) is 5.32 Å². The van der Waals surface area contributed by atoms with Gasteiger partial charge in [-0.25, -0.2) is 0 Å². The van der Waals surface area contributed by atoms with Crippen LogP contribution in [0.4, 0.5) is 5.69 Å². The lowest BCUT2D eigenvalue weighted by molar-refractivity contribution is -0.126. The summed E-state index contributed by atoms with van der Waals surface area (Å²) >= 11 is 0. The van der Waals surface area contributed by atoms with E-state index < -0.39 is 0 Å². The summed E-state index contributed by atoms with van der Waals surface area (Å²) in [5.74, 6) is 0.807. The molecule has 0 bridgehead atoms. The van der Waals surface area contributed by atoms with Crippen LogP contribution in [0.2, 0.25) is 0 Å². The van der Waals surface area contributed by atoms with E-state index in [1.54, 1.807) is 38.5 Å². The molecule has 2 amide bonds. The van der Waals surface area contributed by atoms with Gasteiger partial charge in [-0.1, -0.05) is 18.2 Å². The minimum Gasteiger partial charge on any atom is -0.497 e. The van der Waals surface area contributed by atoms with E-state index in [1.807, 2.05) is 24.3 Å². The van der Waals surface area contributed by atoms with Gasteiger partial charge in [-0.05, 0) is 42.3 Å². The highest BCUT2D eigenvalue weighted by Crippen LogP contribution is 2.17. The Hall–Kier alpha value is -3.02. The number of benzene rings is 2. The predicted molar refractivity (Wildman–Crippen MR) is 95.9 cm³/mol. The van der Waals surface area contributed by atoms with Crippen molar-refractivity contribution >= 4 is 17.5 Å². The number of anilines is 1. The Balaban J connectivity index is 1.74. The molecular formula is C19H22N2O4. The number of rotatable bonds is 8. The van der Waals surface area contributed by atoms with Gasteiger partial charge in [0.25, 0.3) is 0 Å². The van der Waals surface area contributed by atoms with Gasteiger partial charge in [0.15, 0.2) is 0 Å². The summed E-state index contributed by atoms with van der Waals surface area (Å²) in [7, 11) is 3.18. The third-order valence-electron chi connectivity index (χ3n) is 3.60. The second-order valence-electron chi connectivity index (χ2n) is 5.37. The van der Waals surface area contributed by atoms with Crippen molar-refractivity contribution in [3.8, 4) is 11.5 Å². The zero-order valence-electron chi connectivity index (χ0n) is 14.4. The minimum atomic E-state index is -0.361. The third kappa shape index (κ3) is 5.84. The summed E-state index contributed by atoms with van der Waals surface area (Å²) in [4.78, 5) is 23.8. The standard InChI is InChI=1S/C19H22N2O4/c1-24-16-9-7-15(8-10-16)21-19(23)13-18(22)20-12-11-14-5-3-4-6-17(14)25-2/h3-10H,11-13H2,1-2H3,(H,20,22)(H,21,23). The summed E-state index contributed by atoms with van der Waals surface area (Å²) in [6.45, 7) is 0.440. The minimum absolute atomic E-state index is 0.224. The molecule has 0 aliphatic rings. The van der Waals surface area contributed by atoms with Crippen LogP contribution in [0, 0.1) is 0 Å². The number of ether oxygens (including phenoxy) is 2. The quantitative estimate of drug-likeness (QED) is 0.722. The SMILES string of the molecule is COc1ccc(NC(=O)CC(=O)NCCc2ccccc2OC)cc1. The number of carbonyl (C=O) groups is 2. The normalized spacial score (nSPS) is 10.0. The first-order valence-corrected chi connectivity index (χ1v) is 7.95. The van der Waals surface area contributed by atoms with Crippen molar-refractivity contribution in [3.05, 3.63) is 54.1 Å². The summed E-state index contributed by atoms with van der Waals surface area (Å²) in [5, 5.41) is 5.42. The third-order valence-corrected chi connectivity index (χ3v) is 3.60. The summed E-state index contributed by atoms with van der Waals surface area (Å²) in [6, 6.07) is 14.5. The molecule has 132 valence electrons. The molecule has 2 N–H and O–H groups in total. The summed E-state index contributed by atoms with van der Waals surface area (Å²) < 4.78 is 10.3. The van der Waals surface area contributed by atoms with Crippen LogP contribution in [0.15, 0.2) is 48.5 Å². The van der Waals surface area contributed by atoms with Gasteiger partial charge in [0, 0.05) is 12.2 Å². The zero-order valence-corrected chi connectivity index (χ0v) is 14.4. The maximum absolute atomic E-state index is 11.9. The van der Waals surface area contributed by atoms with Crippen molar-refractivity contribution in [3.63, 3.8) is 0 Å². The lowest BCUT2D eigenvalue weighted by Crippen LogP contribution is -2.29. The summed E-state index contributed by atoms with van der Waals surface area (Å²) in [5.41, 5.74) is 1.63. The number of hydrogen-bond acceptors (Lipinski definition) is 4. The molecule has 0 aliphatic heterocycles. The van der Waals surface area contributed by atoms with Crippen LogP contribution < -0.4 is 20.1 Å². The van der Waals surface area contributed by atoms with E-state index in [9.17, 15) is 9.59 Å². The van der Waals surface area contributed by atoms with E-state index in [4.69, 9.17) is 9.47 Å². The van der Waals surface area contributed by atoms with Crippen LogP contribution >= 0.6 is 0 Å². The topological polar surface area (TPSA) is 76.7 Å². The van der Waals surface area contributed by atoms with Gasteiger partial charge in [0.2, 0.25) is 11.8 Å². The number of methoxy groups -OCH3 is 2. The predicted octanol–water partition coefficient (Wildman–Crippen LogP) is 2.39. The van der Waals surface area contributed by atoms with E-state index in [-0.39, 0.29) is 18.2 Å². The second kappa shape index (κ2) is 9.32. The Kier molecular flexibility index (Phi) is 6.83. The van der Waals surface area contributed by atoms with E-state index in [2.05, 4.69) is 10.6 Å². The molecule has 0 spiro atoms. The molecule has 0 aliphatic carbocycles. The monoisotopic (exact) mass is 342 g/mol. The Morgan fingerprint density at radius 2 is 1.64 bits per heavy atom. The van der Waals surface area contributed by atoms with Crippen molar-refractivity contribution < 1.29 is 19.1 Å². The van der Waals surface area contributed by atoms with Gasteiger partial charge in [-0.15, -0.1) is 0 Å². The first kappa shape index (κ1) is 18.3. The van der Waals surface area contributed by atoms with Gasteiger partial charge >= 0.3 is 0 Å².